The van der Waals surface area contributed by atoms with E-state index in [0.717, 1.165) is 10.7 Å². The van der Waals surface area contributed by atoms with Crippen molar-refractivity contribution in [2.75, 3.05) is 0 Å². The molecule has 0 unspecified atom stereocenters. The Kier molecular flexibility index (Phi) is 3.46. The first-order valence-electron chi connectivity index (χ1n) is 6.47. The Labute approximate surface area is 128 Å². The Morgan fingerprint density at radius 1 is 1.11 bits per heavy atom. The Balaban J connectivity index is 0.000000735. The molecule has 3 aromatic rings. The lowest BCUT2D eigenvalue weighted by atomic mass is 10.0. The van der Waals surface area contributed by atoms with Gasteiger partial charge in [-0.15, -0.1) is 11.3 Å². The van der Waals surface area contributed by atoms with E-state index in [1.165, 1.54) is 36.9 Å². The molecule has 0 saturated heterocycles. The predicted molar refractivity (Wildman–Crippen MR) is 76.3 cm³/mol. The van der Waals surface area contributed by atoms with Gasteiger partial charge in [-0.25, -0.2) is 4.98 Å². The van der Waals surface area contributed by atoms with Crippen molar-refractivity contribution in [2.45, 2.75) is 25.7 Å². The first-order chi connectivity index (χ1) is 8.92. The monoisotopic (exact) mass is 334 g/mol. The van der Waals surface area contributed by atoms with Crippen molar-refractivity contribution in [3.05, 3.63) is 47.1 Å². The largest absolute Gasteiger partial charge is 1.00 e. The van der Waals surface area contributed by atoms with Crippen LogP contribution in [0.15, 0.2) is 36.5 Å². The normalized spacial score (nSPS) is 14.1. The number of halogens is 1. The molecule has 0 saturated carbocycles. The fraction of sp³-hybridized carbons (Fsp3) is 0.267. The van der Waals surface area contributed by atoms with Gasteiger partial charge in [-0.3, -0.25) is 4.40 Å². The number of hydrogen-bond acceptors (Lipinski definition) is 2. The Morgan fingerprint density at radius 3 is 2.74 bits per heavy atom. The quantitative estimate of drug-likeness (QED) is 0.650. The Morgan fingerprint density at radius 2 is 1.89 bits per heavy atom. The maximum Gasteiger partial charge on any atom is 1.00 e. The molecule has 2 aromatic heterocycles. The summed E-state index contributed by atoms with van der Waals surface area (Å²) in [5.74, 6) is 0. The molecule has 0 aliphatic heterocycles. The van der Waals surface area contributed by atoms with E-state index in [1.54, 1.807) is 4.88 Å². The molecule has 19 heavy (non-hydrogen) atoms. The van der Waals surface area contributed by atoms with Crippen LogP contribution in [-0.2, 0) is 12.8 Å². The SMILES string of the molecule is [Br-].[H+].c1ccc(-c2cn3c4c(sc3n2)CCCC4)cc1. The lowest BCUT2D eigenvalue weighted by Gasteiger charge is -2.09. The van der Waals surface area contributed by atoms with Crippen LogP contribution in [0, 0.1) is 0 Å². The number of aryl methyl sites for hydroxylation is 2. The molecular formula is C15H15BrN2S. The van der Waals surface area contributed by atoms with Gasteiger partial charge in [-0.1, -0.05) is 30.3 Å². The van der Waals surface area contributed by atoms with E-state index in [-0.39, 0.29) is 18.4 Å². The maximum atomic E-state index is 4.77. The summed E-state index contributed by atoms with van der Waals surface area (Å²) in [6.45, 7) is 0. The van der Waals surface area contributed by atoms with Gasteiger partial charge >= 0.3 is 1.43 Å². The first kappa shape index (κ1) is 12.9. The molecule has 1 aromatic carbocycles. The highest BCUT2D eigenvalue weighted by molar-refractivity contribution is 7.17. The second-order valence-electron chi connectivity index (χ2n) is 4.82. The van der Waals surface area contributed by atoms with Gasteiger partial charge in [-0.05, 0) is 25.7 Å². The molecule has 0 N–H and O–H groups in total. The molecule has 0 atom stereocenters. The number of benzene rings is 1. The molecule has 0 bridgehead atoms. The third-order valence-electron chi connectivity index (χ3n) is 3.64. The van der Waals surface area contributed by atoms with Gasteiger partial charge in [0.25, 0.3) is 0 Å². The standard InChI is InChI=1S/C15H14N2S.BrH/c1-2-6-11(7-3-1)12-10-17-13-8-4-5-9-14(13)18-15(17)16-12;/h1-3,6-7,10H,4-5,8-9H2;1H. The van der Waals surface area contributed by atoms with Crippen molar-refractivity contribution in [2.24, 2.45) is 0 Å². The Hall–Kier alpha value is -1.13. The summed E-state index contributed by atoms with van der Waals surface area (Å²) in [4.78, 5) is 7.47. The van der Waals surface area contributed by atoms with Crippen LogP contribution >= 0.6 is 11.3 Å². The third kappa shape index (κ3) is 2.13. The fourth-order valence-electron chi connectivity index (χ4n) is 2.71. The minimum atomic E-state index is 0. The minimum absolute atomic E-state index is 0. The zero-order valence-corrected chi connectivity index (χ0v) is 12.9. The van der Waals surface area contributed by atoms with Crippen molar-refractivity contribution in [3.63, 3.8) is 0 Å². The molecule has 98 valence electrons. The van der Waals surface area contributed by atoms with E-state index < -0.39 is 0 Å². The number of nitrogens with zero attached hydrogens (tertiary/aromatic N) is 2. The summed E-state index contributed by atoms with van der Waals surface area (Å²) in [7, 11) is 0. The zero-order valence-electron chi connectivity index (χ0n) is 11.5. The number of imidazole rings is 1. The van der Waals surface area contributed by atoms with Crippen molar-refractivity contribution >= 4 is 16.3 Å². The molecule has 0 radical (unpaired) electrons. The summed E-state index contributed by atoms with van der Waals surface area (Å²) < 4.78 is 2.31. The smallest absolute Gasteiger partial charge is 1.00 e. The fourth-order valence-corrected chi connectivity index (χ4v) is 3.90. The second-order valence-corrected chi connectivity index (χ2v) is 5.89. The van der Waals surface area contributed by atoms with Gasteiger partial charge in [0, 0.05) is 22.3 Å². The molecular weight excluding hydrogens is 320 g/mol. The van der Waals surface area contributed by atoms with Crippen LogP contribution in [0.4, 0.5) is 0 Å². The van der Waals surface area contributed by atoms with Crippen molar-refractivity contribution in [1.29, 1.82) is 0 Å². The van der Waals surface area contributed by atoms with Gasteiger partial charge in [0.1, 0.15) is 0 Å². The van der Waals surface area contributed by atoms with Gasteiger partial charge in [0.05, 0.1) is 5.69 Å². The molecule has 2 nitrogen and oxygen atoms in total. The lowest BCUT2D eigenvalue weighted by molar-refractivity contribution is -0.00000357. The molecule has 4 rings (SSSR count). The summed E-state index contributed by atoms with van der Waals surface area (Å²) >= 11 is 1.87. The van der Waals surface area contributed by atoms with Gasteiger partial charge in [0.2, 0.25) is 0 Å². The molecule has 2 heterocycles. The minimum Gasteiger partial charge on any atom is -1.00 e. The number of thiazole rings is 1. The molecule has 0 spiro atoms. The topological polar surface area (TPSA) is 17.3 Å². The van der Waals surface area contributed by atoms with E-state index in [4.69, 9.17) is 4.98 Å². The first-order valence-corrected chi connectivity index (χ1v) is 7.28. The zero-order chi connectivity index (χ0) is 11.9. The van der Waals surface area contributed by atoms with Crippen LogP contribution in [0.25, 0.3) is 16.2 Å². The number of fused-ring (bicyclic) bond motifs is 3. The number of hydrogen-bond donors (Lipinski definition) is 0. The van der Waals surface area contributed by atoms with Crippen molar-refractivity contribution < 1.29 is 18.4 Å². The molecule has 4 heteroatoms. The van der Waals surface area contributed by atoms with Gasteiger partial charge in [0.15, 0.2) is 4.96 Å². The van der Waals surface area contributed by atoms with Crippen molar-refractivity contribution in [1.82, 2.24) is 9.38 Å². The lowest BCUT2D eigenvalue weighted by Crippen LogP contribution is -3.00. The molecule has 1 aliphatic rings. The summed E-state index contributed by atoms with van der Waals surface area (Å²) in [5.41, 5.74) is 3.80. The predicted octanol–water partition coefficient (Wildman–Crippen LogP) is 1.06. The van der Waals surface area contributed by atoms with Crippen molar-refractivity contribution in [3.8, 4) is 11.3 Å². The van der Waals surface area contributed by atoms with Crippen LogP contribution in [0.1, 0.15) is 24.8 Å². The van der Waals surface area contributed by atoms with Gasteiger partial charge in [-0.2, -0.15) is 0 Å². The van der Waals surface area contributed by atoms with Crippen LogP contribution in [-0.4, -0.2) is 9.38 Å². The van der Waals surface area contributed by atoms with Crippen LogP contribution in [0.2, 0.25) is 0 Å². The highest BCUT2D eigenvalue weighted by Gasteiger charge is 2.17. The van der Waals surface area contributed by atoms with Crippen LogP contribution in [0.5, 0.6) is 0 Å². The van der Waals surface area contributed by atoms with Crippen LogP contribution < -0.4 is 17.0 Å². The Bertz CT molecular complexity index is 705. The van der Waals surface area contributed by atoms with Gasteiger partial charge < -0.3 is 17.0 Å². The number of aromatic nitrogens is 2. The second kappa shape index (κ2) is 5.10. The third-order valence-corrected chi connectivity index (χ3v) is 4.79. The van der Waals surface area contributed by atoms with E-state index in [0.29, 0.717) is 0 Å². The van der Waals surface area contributed by atoms with E-state index in [1.807, 2.05) is 17.4 Å². The summed E-state index contributed by atoms with van der Waals surface area (Å²) in [6.07, 6.45) is 7.30. The van der Waals surface area contributed by atoms with E-state index in [2.05, 4.69) is 34.9 Å². The summed E-state index contributed by atoms with van der Waals surface area (Å²) in [6, 6.07) is 10.4. The summed E-state index contributed by atoms with van der Waals surface area (Å²) in [5, 5.41) is 0. The average molecular weight is 335 g/mol. The average Bonchev–Trinajstić information content (AvgIpc) is 2.97. The number of rotatable bonds is 1. The maximum absolute atomic E-state index is 4.77. The van der Waals surface area contributed by atoms with Crippen LogP contribution in [0.3, 0.4) is 0 Å². The highest BCUT2D eigenvalue weighted by Crippen LogP contribution is 2.31. The molecule has 0 amide bonds. The van der Waals surface area contributed by atoms with E-state index >= 15 is 0 Å². The molecule has 0 fully saturated rings. The van der Waals surface area contributed by atoms with E-state index in [9.17, 15) is 0 Å². The molecule has 1 aliphatic carbocycles. The highest BCUT2D eigenvalue weighted by atomic mass is 79.9.